The second kappa shape index (κ2) is 31.3. The molecule has 23 heteroatoms. The molecule has 2 saturated carbocycles. The normalized spacial score (nSPS) is 21.8. The summed E-state index contributed by atoms with van der Waals surface area (Å²) in [6, 6.07) is 23.7. The number of nitrogens with one attached hydrogen (secondary N) is 4. The predicted molar refractivity (Wildman–Crippen MR) is 390 cm³/mol. The number of tetrazole rings is 2. The van der Waals surface area contributed by atoms with Gasteiger partial charge in [-0.15, -0.1) is 20.4 Å². The Bertz CT molecular complexity index is 3810. The van der Waals surface area contributed by atoms with Crippen molar-refractivity contribution in [1.82, 2.24) is 61.7 Å². The van der Waals surface area contributed by atoms with E-state index in [0.717, 1.165) is 93.7 Å². The van der Waals surface area contributed by atoms with E-state index in [2.05, 4.69) is 168 Å². The number of carbonyl (C=O) groups excluding carboxylic acids is 4. The molecule has 4 heterocycles. The number of benzene rings is 4. The molecule has 20 nitrogen and oxygen atoms in total. The molecule has 2 fully saturated rings. The third-order valence-corrected chi connectivity index (χ3v) is 20.1. The molecular formula is C76H103Cl3N14O6. The predicted octanol–water partition coefficient (Wildman–Crippen LogP) is 16.6. The Morgan fingerprint density at radius 1 is 0.545 bits per heavy atom. The smallest absolute Gasteiger partial charge is 0.275 e. The summed E-state index contributed by atoms with van der Waals surface area (Å²) in [7, 11) is 0. The van der Waals surface area contributed by atoms with E-state index in [0.29, 0.717) is 103 Å². The standard InChI is InChI=1S/C38H51Cl2N7O3.C38H52ClN7O3/c1-23-19-24(2)21-38(20-23)42-32(27-13-14-28(39)33(31(27)40)50-18-17-37(6,7)8)35(49)47(38)29(15-16-36(3,4)5)25-9-11-26(12-10-25)34(48)41-22-30-43-45-46-44-30;1-24-19-25(2)22-38(21-24)41-33(28-13-14-29(39)31(20-28)49-18-17-37(6,7)8)35(48)46(38)30(15-16-36(3,4)5)26-9-11-27(12-10-26)34(47)40-23-32-42-44-45-43-32/h9-14,23-24,29H,15-22H2,1-8H3,(H,41,48)(H,43,44,45,46);9-14,20,24-25,30H,15-19,21-23H2,1-8H3,(H,40,47)(H,42,43,44,45)/t23?,24?,29-,38?;24?,25?,30-,38?/m11/s1. The zero-order valence-electron chi connectivity index (χ0n) is 60.8. The van der Waals surface area contributed by atoms with Gasteiger partial charge in [-0.25, -0.2) is 0 Å². The van der Waals surface area contributed by atoms with Crippen LogP contribution in [0.3, 0.4) is 0 Å². The third kappa shape index (κ3) is 19.6. The van der Waals surface area contributed by atoms with Crippen LogP contribution < -0.4 is 20.1 Å². The summed E-state index contributed by atoms with van der Waals surface area (Å²) in [5, 5.41) is 34.3. The average Bonchev–Trinajstić information content (AvgIpc) is 1.59. The van der Waals surface area contributed by atoms with Crippen LogP contribution in [0.5, 0.6) is 11.5 Å². The van der Waals surface area contributed by atoms with E-state index in [1.165, 1.54) is 0 Å². The topological polar surface area (TPSA) is 251 Å². The van der Waals surface area contributed by atoms with Crippen LogP contribution in [0, 0.1) is 45.3 Å². The number of ether oxygens (including phenoxy) is 2. The first-order chi connectivity index (χ1) is 46.5. The minimum atomic E-state index is -0.747. The van der Waals surface area contributed by atoms with Crippen molar-refractivity contribution in [2.24, 2.45) is 55.3 Å². The van der Waals surface area contributed by atoms with Crippen LogP contribution in [0.15, 0.2) is 88.8 Å². The number of carbonyl (C=O) groups is 4. The highest BCUT2D eigenvalue weighted by Gasteiger charge is 2.55. The van der Waals surface area contributed by atoms with Gasteiger partial charge in [0, 0.05) is 22.3 Å². The Morgan fingerprint density at radius 2 is 0.949 bits per heavy atom. The van der Waals surface area contributed by atoms with Crippen LogP contribution >= 0.6 is 34.8 Å². The first-order valence-electron chi connectivity index (χ1n) is 35.1. The molecule has 2 aliphatic carbocycles. The second-order valence-electron chi connectivity index (χ2n) is 33.1. The van der Waals surface area contributed by atoms with Crippen molar-refractivity contribution in [1.29, 1.82) is 0 Å². The Labute approximate surface area is 600 Å². The second-order valence-corrected chi connectivity index (χ2v) is 34.3. The Balaban J connectivity index is 0.000000231. The summed E-state index contributed by atoms with van der Waals surface area (Å²) < 4.78 is 12.3. The first kappa shape index (κ1) is 75.9. The molecule has 2 aliphatic heterocycles. The van der Waals surface area contributed by atoms with Crippen molar-refractivity contribution in [3.05, 3.63) is 139 Å². The van der Waals surface area contributed by atoms with E-state index >= 15 is 0 Å². The number of aliphatic imine (C=N–C) groups is 2. The molecule has 4 amide bonds. The Kier molecular flexibility index (Phi) is 24.0. The van der Waals surface area contributed by atoms with E-state index in [4.69, 9.17) is 54.3 Å². The number of hydrogen-bond acceptors (Lipinski definition) is 14. The summed E-state index contributed by atoms with van der Waals surface area (Å²) in [6.45, 7) is 36.6. The lowest BCUT2D eigenvalue weighted by molar-refractivity contribution is -0.135. The van der Waals surface area contributed by atoms with E-state index in [1.807, 2.05) is 65.6 Å². The minimum Gasteiger partial charge on any atom is -0.492 e. The molecule has 534 valence electrons. The van der Waals surface area contributed by atoms with Gasteiger partial charge in [-0.3, -0.25) is 29.2 Å². The Hall–Kier alpha value is -7.29. The fraction of sp³-hybridized carbons (Fsp3) is 0.579. The van der Waals surface area contributed by atoms with Crippen molar-refractivity contribution >= 4 is 69.9 Å². The molecule has 99 heavy (non-hydrogen) atoms. The van der Waals surface area contributed by atoms with Crippen molar-refractivity contribution < 1.29 is 28.7 Å². The van der Waals surface area contributed by atoms with Crippen molar-refractivity contribution in [2.75, 3.05) is 13.2 Å². The molecule has 6 aromatic rings. The molecule has 0 saturated heterocycles. The van der Waals surface area contributed by atoms with Gasteiger partial charge in [0.25, 0.3) is 23.6 Å². The van der Waals surface area contributed by atoms with Gasteiger partial charge in [-0.2, -0.15) is 10.4 Å². The lowest BCUT2D eigenvalue weighted by Crippen LogP contribution is -2.52. The van der Waals surface area contributed by atoms with Gasteiger partial charge in [-0.05, 0) is 182 Å². The average molecular weight is 1420 g/mol. The minimum absolute atomic E-state index is 0.0266. The highest BCUT2D eigenvalue weighted by molar-refractivity contribution is 6.51. The van der Waals surface area contributed by atoms with Gasteiger partial charge in [0.2, 0.25) is 0 Å². The fourth-order valence-corrected chi connectivity index (χ4v) is 15.2. The highest BCUT2D eigenvalue weighted by atomic mass is 35.5. The number of rotatable bonds is 22. The monoisotopic (exact) mass is 1410 g/mol. The van der Waals surface area contributed by atoms with Gasteiger partial charge >= 0.3 is 0 Å². The van der Waals surface area contributed by atoms with Gasteiger partial charge in [-0.1, -0.05) is 186 Å². The maximum Gasteiger partial charge on any atom is 0.275 e. The summed E-state index contributed by atoms with van der Waals surface area (Å²) >= 11 is 20.3. The molecule has 4 unspecified atom stereocenters. The van der Waals surface area contributed by atoms with Crippen LogP contribution in [-0.2, 0) is 22.7 Å². The van der Waals surface area contributed by atoms with Gasteiger partial charge < -0.3 is 29.9 Å². The molecule has 2 spiro atoms. The summed E-state index contributed by atoms with van der Waals surface area (Å²) in [5.41, 5.74) is 3.83. The number of aromatic amines is 2. The molecule has 10 rings (SSSR count). The van der Waals surface area contributed by atoms with Crippen molar-refractivity contribution in [3.63, 3.8) is 0 Å². The number of nitrogens with zero attached hydrogens (tertiary/aromatic N) is 10. The van der Waals surface area contributed by atoms with E-state index in [1.54, 1.807) is 18.2 Å². The van der Waals surface area contributed by atoms with Crippen LogP contribution in [0.25, 0.3) is 0 Å². The number of halogens is 3. The molecule has 6 atom stereocenters. The van der Waals surface area contributed by atoms with E-state index in [9.17, 15) is 19.2 Å². The SMILES string of the molecule is CC1CC(C)CC2(C1)N=C(c1ccc(Cl)c(OCCC(C)(C)C)c1)C(=O)N2[C@H](CCC(C)(C)C)c1ccc(C(=O)NCc2nn[nH]n2)cc1.CC1CC(C)CC2(C1)N=C(c1ccc(Cl)c(OCCC(C)(C)C)c1Cl)C(=O)N2[C@H](CCC(C)(C)C)c1ccc(C(=O)NCc2nn[nH]n2)cc1. The quantitative estimate of drug-likeness (QED) is 0.0495. The zero-order chi connectivity index (χ0) is 72.0. The number of hydrogen-bond donors (Lipinski definition) is 4. The molecule has 0 bridgehead atoms. The summed E-state index contributed by atoms with van der Waals surface area (Å²) in [4.78, 5) is 70.7. The summed E-state index contributed by atoms with van der Waals surface area (Å²) in [5.74, 6) is 2.55. The molecule has 4 aliphatic rings. The maximum absolute atomic E-state index is 15.0. The Morgan fingerprint density at radius 3 is 1.36 bits per heavy atom. The lowest BCUT2D eigenvalue weighted by Gasteiger charge is -2.47. The number of aromatic nitrogens is 8. The van der Waals surface area contributed by atoms with Gasteiger partial charge in [0.15, 0.2) is 17.4 Å². The fourth-order valence-electron chi connectivity index (χ4n) is 14.4. The molecular weight excluding hydrogens is 1310 g/mol. The maximum atomic E-state index is 15.0. The number of H-pyrrole nitrogens is 2. The van der Waals surface area contributed by atoms with E-state index < -0.39 is 11.3 Å². The lowest BCUT2D eigenvalue weighted by atomic mass is 9.75. The van der Waals surface area contributed by atoms with Crippen LogP contribution in [-0.4, -0.2) is 111 Å². The third-order valence-electron chi connectivity index (χ3n) is 19.1. The van der Waals surface area contributed by atoms with Crippen molar-refractivity contribution in [3.8, 4) is 11.5 Å². The zero-order valence-corrected chi connectivity index (χ0v) is 63.1. The van der Waals surface area contributed by atoms with Crippen molar-refractivity contribution in [2.45, 2.75) is 224 Å². The molecule has 4 N–H and O–H groups in total. The number of amides is 4. The van der Waals surface area contributed by atoms with E-state index in [-0.39, 0.29) is 70.5 Å². The molecule has 0 radical (unpaired) electrons. The molecule has 4 aromatic carbocycles. The highest BCUT2D eigenvalue weighted by Crippen LogP contribution is 2.52. The van der Waals surface area contributed by atoms with Crippen LogP contribution in [0.2, 0.25) is 15.1 Å². The first-order valence-corrected chi connectivity index (χ1v) is 36.3. The molecule has 2 aromatic heterocycles. The van der Waals surface area contributed by atoms with Gasteiger partial charge in [0.05, 0.1) is 53.5 Å². The summed E-state index contributed by atoms with van der Waals surface area (Å²) in [6.07, 6.45) is 10.2. The van der Waals surface area contributed by atoms with Gasteiger partial charge in [0.1, 0.15) is 28.5 Å². The van der Waals surface area contributed by atoms with Crippen LogP contribution in [0.4, 0.5) is 0 Å². The largest absolute Gasteiger partial charge is 0.492 e. The van der Waals surface area contributed by atoms with Crippen LogP contribution in [0.1, 0.15) is 255 Å².